The molecule has 4 nitrogen and oxygen atoms in total. The number of aromatic hydroxyl groups is 1. The summed E-state index contributed by atoms with van der Waals surface area (Å²) in [5.74, 6) is 1.92. The minimum absolute atomic E-state index is 0.202. The van der Waals surface area contributed by atoms with Crippen LogP contribution in [-0.2, 0) is 5.75 Å². The summed E-state index contributed by atoms with van der Waals surface area (Å²) >= 11 is 1.68. The van der Waals surface area contributed by atoms with Crippen LogP contribution in [0.3, 0.4) is 0 Å². The Morgan fingerprint density at radius 3 is 2.85 bits per heavy atom. The summed E-state index contributed by atoms with van der Waals surface area (Å²) in [7, 11) is 0. The van der Waals surface area contributed by atoms with E-state index < -0.39 is 0 Å². The average Bonchev–Trinajstić information content (AvgIpc) is 2.38. The second-order valence-corrected chi connectivity index (χ2v) is 5.74. The number of benzene rings is 1. The molecular formula is C15H18N2O2S. The Morgan fingerprint density at radius 1 is 1.40 bits per heavy atom. The Hall–Kier alpha value is -1.75. The van der Waals surface area contributed by atoms with Crippen LogP contribution in [0.25, 0.3) is 11.1 Å². The Balaban J connectivity index is 2.34. The monoisotopic (exact) mass is 290 g/mol. The first-order valence-corrected chi connectivity index (χ1v) is 7.74. The van der Waals surface area contributed by atoms with E-state index >= 15 is 0 Å². The zero-order valence-electron chi connectivity index (χ0n) is 11.6. The van der Waals surface area contributed by atoms with Crippen molar-refractivity contribution in [1.29, 1.82) is 0 Å². The van der Waals surface area contributed by atoms with E-state index in [1.165, 1.54) is 0 Å². The highest BCUT2D eigenvalue weighted by molar-refractivity contribution is 7.98. The number of aryl methyl sites for hydroxylation is 1. The normalized spacial score (nSPS) is 10.7. The van der Waals surface area contributed by atoms with Gasteiger partial charge in [0.2, 0.25) is 5.88 Å². The van der Waals surface area contributed by atoms with E-state index in [2.05, 4.69) is 16.9 Å². The summed E-state index contributed by atoms with van der Waals surface area (Å²) in [5.41, 5.74) is 1.65. The molecular weight excluding hydrogens is 272 g/mol. The van der Waals surface area contributed by atoms with Crippen LogP contribution >= 0.6 is 11.8 Å². The lowest BCUT2D eigenvalue weighted by atomic mass is 10.1. The SMILES string of the molecule is CCCSCc1nc(O)c(-c2cccc(C)c2)c(=O)[nH]1. The van der Waals surface area contributed by atoms with Crippen molar-refractivity contribution in [1.82, 2.24) is 9.97 Å². The summed E-state index contributed by atoms with van der Waals surface area (Å²) in [6.45, 7) is 4.04. The van der Waals surface area contributed by atoms with Gasteiger partial charge in [-0.2, -0.15) is 16.7 Å². The van der Waals surface area contributed by atoms with Crippen LogP contribution in [0.2, 0.25) is 0 Å². The van der Waals surface area contributed by atoms with Crippen molar-refractivity contribution in [3.63, 3.8) is 0 Å². The molecule has 0 fully saturated rings. The van der Waals surface area contributed by atoms with Gasteiger partial charge >= 0.3 is 0 Å². The number of aromatic amines is 1. The molecule has 2 N–H and O–H groups in total. The molecule has 5 heteroatoms. The first kappa shape index (κ1) is 14.7. The molecule has 0 unspecified atom stereocenters. The van der Waals surface area contributed by atoms with Crippen molar-refractivity contribution in [2.24, 2.45) is 0 Å². The minimum atomic E-state index is -0.296. The maximum absolute atomic E-state index is 12.1. The maximum Gasteiger partial charge on any atom is 0.262 e. The first-order valence-electron chi connectivity index (χ1n) is 6.58. The lowest BCUT2D eigenvalue weighted by molar-refractivity contribution is 0.451. The van der Waals surface area contributed by atoms with Crippen LogP contribution < -0.4 is 5.56 Å². The molecule has 106 valence electrons. The van der Waals surface area contributed by atoms with E-state index in [9.17, 15) is 9.90 Å². The van der Waals surface area contributed by atoms with E-state index in [1.807, 2.05) is 25.1 Å². The summed E-state index contributed by atoms with van der Waals surface area (Å²) in [6, 6.07) is 7.45. The Bertz CT molecular complexity index is 653. The van der Waals surface area contributed by atoms with Crippen LogP contribution in [0.15, 0.2) is 29.1 Å². The smallest absolute Gasteiger partial charge is 0.262 e. The van der Waals surface area contributed by atoms with Gasteiger partial charge in [-0.3, -0.25) is 4.79 Å². The lowest BCUT2D eigenvalue weighted by Crippen LogP contribution is -2.13. The van der Waals surface area contributed by atoms with Gasteiger partial charge in [0.15, 0.2) is 0 Å². The second kappa shape index (κ2) is 6.61. The van der Waals surface area contributed by atoms with Crippen LogP contribution in [0.1, 0.15) is 24.7 Å². The number of hydrogen-bond donors (Lipinski definition) is 2. The molecule has 1 aromatic carbocycles. The number of H-pyrrole nitrogens is 1. The van der Waals surface area contributed by atoms with Gasteiger partial charge in [0.05, 0.1) is 5.75 Å². The van der Waals surface area contributed by atoms with Crippen LogP contribution in [0.5, 0.6) is 5.88 Å². The van der Waals surface area contributed by atoms with Crippen molar-refractivity contribution >= 4 is 11.8 Å². The van der Waals surface area contributed by atoms with Gasteiger partial charge in [-0.15, -0.1) is 0 Å². The fourth-order valence-electron chi connectivity index (χ4n) is 1.95. The Morgan fingerprint density at radius 2 is 2.20 bits per heavy atom. The van der Waals surface area contributed by atoms with E-state index in [0.717, 1.165) is 17.7 Å². The zero-order chi connectivity index (χ0) is 14.5. The molecule has 0 radical (unpaired) electrons. The molecule has 0 amide bonds. The number of rotatable bonds is 5. The highest BCUT2D eigenvalue weighted by Crippen LogP contribution is 2.24. The third kappa shape index (κ3) is 3.42. The van der Waals surface area contributed by atoms with E-state index in [-0.39, 0.29) is 17.0 Å². The molecule has 1 heterocycles. The molecule has 1 aromatic heterocycles. The quantitative estimate of drug-likeness (QED) is 0.830. The van der Waals surface area contributed by atoms with Gasteiger partial charge < -0.3 is 10.1 Å². The van der Waals surface area contributed by atoms with Crippen molar-refractivity contribution in [3.05, 3.63) is 46.0 Å². The number of thioether (sulfide) groups is 1. The lowest BCUT2D eigenvalue weighted by Gasteiger charge is -2.06. The molecule has 2 rings (SSSR count). The van der Waals surface area contributed by atoms with Crippen LogP contribution in [0, 0.1) is 6.92 Å². The molecule has 0 aliphatic rings. The molecule has 20 heavy (non-hydrogen) atoms. The van der Waals surface area contributed by atoms with Gasteiger partial charge in [0.25, 0.3) is 5.56 Å². The first-order chi connectivity index (χ1) is 9.61. The molecule has 0 saturated heterocycles. The molecule has 0 atom stereocenters. The number of nitrogens with one attached hydrogen (secondary N) is 1. The summed E-state index contributed by atoms with van der Waals surface area (Å²) < 4.78 is 0. The van der Waals surface area contributed by atoms with E-state index in [4.69, 9.17) is 0 Å². The fraction of sp³-hybridized carbons (Fsp3) is 0.333. The van der Waals surface area contributed by atoms with Crippen LogP contribution in [-0.4, -0.2) is 20.8 Å². The van der Waals surface area contributed by atoms with Crippen molar-refractivity contribution in [2.75, 3.05) is 5.75 Å². The highest BCUT2D eigenvalue weighted by atomic mass is 32.2. The van der Waals surface area contributed by atoms with Gasteiger partial charge in [-0.05, 0) is 24.7 Å². The predicted octanol–water partition coefficient (Wildman–Crippen LogP) is 3.09. The average molecular weight is 290 g/mol. The zero-order valence-corrected chi connectivity index (χ0v) is 12.5. The molecule has 0 bridgehead atoms. The van der Waals surface area contributed by atoms with Gasteiger partial charge in [-0.1, -0.05) is 36.8 Å². The minimum Gasteiger partial charge on any atom is -0.493 e. The Kier molecular flexibility index (Phi) is 4.84. The van der Waals surface area contributed by atoms with E-state index in [1.54, 1.807) is 17.8 Å². The van der Waals surface area contributed by atoms with Crippen molar-refractivity contribution in [3.8, 4) is 17.0 Å². The largest absolute Gasteiger partial charge is 0.493 e. The summed E-state index contributed by atoms with van der Waals surface area (Å²) in [5, 5.41) is 10.0. The number of hydrogen-bond acceptors (Lipinski definition) is 4. The van der Waals surface area contributed by atoms with Gasteiger partial charge in [-0.25, -0.2) is 0 Å². The van der Waals surface area contributed by atoms with Crippen LogP contribution in [0.4, 0.5) is 0 Å². The Labute approximate surface area is 122 Å². The summed E-state index contributed by atoms with van der Waals surface area (Å²) in [4.78, 5) is 19.0. The maximum atomic E-state index is 12.1. The van der Waals surface area contributed by atoms with Crippen molar-refractivity contribution < 1.29 is 5.11 Å². The standard InChI is InChI=1S/C15H18N2O2S/c1-3-7-20-9-12-16-14(18)13(15(19)17-12)11-6-4-5-10(2)8-11/h4-6,8H,3,7,9H2,1-2H3,(H2,16,17,18,19). The molecule has 0 saturated carbocycles. The number of aromatic nitrogens is 2. The van der Waals surface area contributed by atoms with E-state index in [0.29, 0.717) is 17.1 Å². The molecule has 0 aliphatic heterocycles. The third-order valence-electron chi connectivity index (χ3n) is 2.84. The highest BCUT2D eigenvalue weighted by Gasteiger charge is 2.13. The van der Waals surface area contributed by atoms with Gasteiger partial charge in [0.1, 0.15) is 11.4 Å². The third-order valence-corrected chi connectivity index (χ3v) is 4.02. The second-order valence-electron chi connectivity index (χ2n) is 4.63. The van der Waals surface area contributed by atoms with Crippen molar-refractivity contribution in [2.45, 2.75) is 26.0 Å². The molecule has 2 aromatic rings. The summed E-state index contributed by atoms with van der Waals surface area (Å²) in [6.07, 6.45) is 1.07. The number of nitrogens with zero attached hydrogens (tertiary/aromatic N) is 1. The topological polar surface area (TPSA) is 66.0 Å². The molecule has 0 spiro atoms. The fourth-order valence-corrected chi connectivity index (χ4v) is 2.71. The predicted molar refractivity (Wildman–Crippen MR) is 83.1 cm³/mol. The molecule has 0 aliphatic carbocycles. The van der Waals surface area contributed by atoms with Gasteiger partial charge in [0, 0.05) is 0 Å².